The molecule has 21 heavy (non-hydrogen) atoms. The lowest BCUT2D eigenvalue weighted by molar-refractivity contribution is 0.316. The summed E-state index contributed by atoms with van der Waals surface area (Å²) in [5, 5.41) is 3.65. The minimum Gasteiger partial charge on any atom is -0.494 e. The molecule has 0 saturated carbocycles. The minimum atomic E-state index is 0.530. The normalized spacial score (nSPS) is 17.3. The van der Waals surface area contributed by atoms with Crippen molar-refractivity contribution in [1.29, 1.82) is 0 Å². The highest BCUT2D eigenvalue weighted by Crippen LogP contribution is 2.23. The first kappa shape index (κ1) is 14.2. The Morgan fingerprint density at radius 1 is 1.10 bits per heavy atom. The first-order valence-electron chi connectivity index (χ1n) is 7.87. The van der Waals surface area contributed by atoms with E-state index in [2.05, 4.69) is 60.8 Å². The van der Waals surface area contributed by atoms with Crippen molar-refractivity contribution in [2.24, 2.45) is 0 Å². The summed E-state index contributed by atoms with van der Waals surface area (Å²) in [5.74, 6) is 0.999. The maximum absolute atomic E-state index is 5.72. The van der Waals surface area contributed by atoms with Gasteiger partial charge in [0.2, 0.25) is 0 Å². The van der Waals surface area contributed by atoms with Crippen LogP contribution in [0, 0.1) is 0 Å². The van der Waals surface area contributed by atoms with E-state index in [4.69, 9.17) is 4.74 Å². The Labute approximate surface area is 127 Å². The van der Waals surface area contributed by atoms with Crippen molar-refractivity contribution in [3.63, 3.8) is 0 Å². The molecule has 2 aromatic carbocycles. The highest BCUT2D eigenvalue weighted by atomic mass is 16.5. The van der Waals surface area contributed by atoms with Crippen LogP contribution in [0.15, 0.2) is 48.5 Å². The van der Waals surface area contributed by atoms with Gasteiger partial charge in [0.1, 0.15) is 5.75 Å². The molecule has 0 fully saturated rings. The lowest BCUT2D eigenvalue weighted by atomic mass is 9.92. The van der Waals surface area contributed by atoms with E-state index in [0.29, 0.717) is 6.04 Å². The van der Waals surface area contributed by atoms with Gasteiger partial charge in [0, 0.05) is 12.6 Å². The summed E-state index contributed by atoms with van der Waals surface area (Å²) in [6.45, 7) is 3.87. The fourth-order valence-electron chi connectivity index (χ4n) is 2.91. The van der Waals surface area contributed by atoms with E-state index in [1.165, 1.54) is 16.7 Å². The number of hydrogen-bond donors (Lipinski definition) is 1. The number of rotatable bonds is 5. The molecule has 1 heterocycles. The Hall–Kier alpha value is -1.80. The minimum absolute atomic E-state index is 0.530. The van der Waals surface area contributed by atoms with Gasteiger partial charge in [-0.2, -0.15) is 0 Å². The molecule has 0 amide bonds. The lowest BCUT2D eigenvalue weighted by Gasteiger charge is -2.26. The van der Waals surface area contributed by atoms with Gasteiger partial charge in [-0.3, -0.25) is 0 Å². The number of nitrogens with one attached hydrogen (secondary N) is 1. The standard InChI is InChI=1S/C19H23NO/c1-2-10-21-19-9-8-16-12-18(20-14-17(16)13-19)11-15-6-4-3-5-7-15/h3-9,13,18,20H,2,10-12,14H2,1H3. The smallest absolute Gasteiger partial charge is 0.119 e. The molecule has 1 N–H and O–H groups in total. The van der Waals surface area contributed by atoms with E-state index in [0.717, 1.165) is 38.2 Å². The molecular formula is C19H23NO. The second-order valence-electron chi connectivity index (χ2n) is 5.75. The molecule has 3 rings (SSSR count). The van der Waals surface area contributed by atoms with Crippen molar-refractivity contribution in [2.45, 2.75) is 38.8 Å². The van der Waals surface area contributed by atoms with Crippen LogP contribution < -0.4 is 10.1 Å². The molecule has 1 aliphatic rings. The highest BCUT2D eigenvalue weighted by molar-refractivity contribution is 5.38. The van der Waals surface area contributed by atoms with Crippen molar-refractivity contribution in [2.75, 3.05) is 6.61 Å². The molecule has 2 nitrogen and oxygen atoms in total. The molecule has 0 aromatic heterocycles. The second kappa shape index (κ2) is 6.77. The third kappa shape index (κ3) is 3.64. The third-order valence-electron chi connectivity index (χ3n) is 4.02. The first-order valence-corrected chi connectivity index (χ1v) is 7.87. The van der Waals surface area contributed by atoms with E-state index < -0.39 is 0 Å². The zero-order valence-corrected chi connectivity index (χ0v) is 12.6. The molecule has 0 radical (unpaired) electrons. The van der Waals surface area contributed by atoms with Crippen LogP contribution in [-0.2, 0) is 19.4 Å². The predicted molar refractivity (Wildman–Crippen MR) is 86.7 cm³/mol. The number of fused-ring (bicyclic) bond motifs is 1. The van der Waals surface area contributed by atoms with Crippen LogP contribution in [0.4, 0.5) is 0 Å². The molecule has 0 bridgehead atoms. The summed E-state index contributed by atoms with van der Waals surface area (Å²) < 4.78 is 5.72. The van der Waals surface area contributed by atoms with Gasteiger partial charge in [0.15, 0.2) is 0 Å². The van der Waals surface area contributed by atoms with Gasteiger partial charge in [0.25, 0.3) is 0 Å². The van der Waals surface area contributed by atoms with Crippen LogP contribution in [-0.4, -0.2) is 12.6 Å². The summed E-state index contributed by atoms with van der Waals surface area (Å²) in [4.78, 5) is 0. The quantitative estimate of drug-likeness (QED) is 0.901. The molecule has 1 aliphatic heterocycles. The molecule has 1 atom stereocenters. The van der Waals surface area contributed by atoms with Crippen molar-refractivity contribution >= 4 is 0 Å². The van der Waals surface area contributed by atoms with Crippen molar-refractivity contribution < 1.29 is 4.74 Å². The predicted octanol–water partition coefficient (Wildman–Crippen LogP) is 3.73. The Kier molecular flexibility index (Phi) is 4.56. The van der Waals surface area contributed by atoms with Gasteiger partial charge < -0.3 is 10.1 Å². The van der Waals surface area contributed by atoms with Crippen LogP contribution in [0.25, 0.3) is 0 Å². The molecule has 2 heteroatoms. The second-order valence-corrected chi connectivity index (χ2v) is 5.75. The third-order valence-corrected chi connectivity index (χ3v) is 4.02. The molecule has 0 spiro atoms. The Balaban J connectivity index is 1.65. The van der Waals surface area contributed by atoms with Crippen LogP contribution in [0.1, 0.15) is 30.0 Å². The summed E-state index contributed by atoms with van der Waals surface area (Å²) in [6, 6.07) is 17.8. The Morgan fingerprint density at radius 2 is 1.95 bits per heavy atom. The zero-order valence-electron chi connectivity index (χ0n) is 12.6. The zero-order chi connectivity index (χ0) is 14.5. The van der Waals surface area contributed by atoms with E-state index in [1.54, 1.807) is 0 Å². The van der Waals surface area contributed by atoms with Crippen LogP contribution >= 0.6 is 0 Å². The fraction of sp³-hybridized carbons (Fsp3) is 0.368. The Bertz CT molecular complexity index is 579. The van der Waals surface area contributed by atoms with Gasteiger partial charge in [-0.05, 0) is 48.1 Å². The van der Waals surface area contributed by atoms with E-state index in [1.807, 2.05) is 0 Å². The fourth-order valence-corrected chi connectivity index (χ4v) is 2.91. The number of benzene rings is 2. The summed E-state index contributed by atoms with van der Waals surface area (Å²) in [5.41, 5.74) is 4.24. The van der Waals surface area contributed by atoms with Crippen molar-refractivity contribution in [3.8, 4) is 5.75 Å². The van der Waals surface area contributed by atoms with Crippen LogP contribution in [0.3, 0.4) is 0 Å². The summed E-state index contributed by atoms with van der Waals surface area (Å²) in [7, 11) is 0. The molecular weight excluding hydrogens is 258 g/mol. The molecule has 1 unspecified atom stereocenters. The summed E-state index contributed by atoms with van der Waals surface area (Å²) >= 11 is 0. The first-order chi connectivity index (χ1) is 10.3. The maximum Gasteiger partial charge on any atom is 0.119 e. The topological polar surface area (TPSA) is 21.3 Å². The number of ether oxygens (including phenoxy) is 1. The lowest BCUT2D eigenvalue weighted by Crippen LogP contribution is -2.37. The Morgan fingerprint density at radius 3 is 2.76 bits per heavy atom. The maximum atomic E-state index is 5.72. The van der Waals surface area contributed by atoms with E-state index in [-0.39, 0.29) is 0 Å². The van der Waals surface area contributed by atoms with Gasteiger partial charge in [-0.1, -0.05) is 43.3 Å². The average Bonchev–Trinajstić information content (AvgIpc) is 2.54. The van der Waals surface area contributed by atoms with Gasteiger partial charge in [-0.25, -0.2) is 0 Å². The van der Waals surface area contributed by atoms with Gasteiger partial charge in [-0.15, -0.1) is 0 Å². The summed E-state index contributed by atoms with van der Waals surface area (Å²) in [6.07, 6.45) is 3.24. The molecule has 0 saturated heterocycles. The monoisotopic (exact) mass is 281 g/mol. The molecule has 2 aromatic rings. The number of hydrogen-bond acceptors (Lipinski definition) is 2. The van der Waals surface area contributed by atoms with E-state index >= 15 is 0 Å². The van der Waals surface area contributed by atoms with Crippen LogP contribution in [0.5, 0.6) is 5.75 Å². The van der Waals surface area contributed by atoms with Gasteiger partial charge >= 0.3 is 0 Å². The highest BCUT2D eigenvalue weighted by Gasteiger charge is 2.18. The van der Waals surface area contributed by atoms with Crippen molar-refractivity contribution in [1.82, 2.24) is 5.32 Å². The SMILES string of the molecule is CCCOc1ccc2c(c1)CNC(Cc1ccccc1)C2. The van der Waals surface area contributed by atoms with Gasteiger partial charge in [0.05, 0.1) is 6.61 Å². The van der Waals surface area contributed by atoms with E-state index in [9.17, 15) is 0 Å². The van der Waals surface area contributed by atoms with Crippen LogP contribution in [0.2, 0.25) is 0 Å². The average molecular weight is 281 g/mol. The van der Waals surface area contributed by atoms with Crippen molar-refractivity contribution in [3.05, 3.63) is 65.2 Å². The molecule has 110 valence electrons. The molecule has 0 aliphatic carbocycles. The largest absolute Gasteiger partial charge is 0.494 e.